The average molecular weight is 277 g/mol. The summed E-state index contributed by atoms with van der Waals surface area (Å²) in [6.45, 7) is 0. The maximum atomic E-state index is 12.8. The molecule has 0 fully saturated rings. The van der Waals surface area contributed by atoms with Crippen LogP contribution >= 0.6 is 0 Å². The number of hydrogen-bond donors (Lipinski definition) is 4. The van der Waals surface area contributed by atoms with Crippen molar-refractivity contribution in [3.05, 3.63) is 47.5 Å². The summed E-state index contributed by atoms with van der Waals surface area (Å²) < 4.78 is 12.8. The quantitative estimate of drug-likeness (QED) is 0.632. The molecule has 106 valence electrons. The van der Waals surface area contributed by atoms with Crippen LogP contribution in [0.2, 0.25) is 0 Å². The van der Waals surface area contributed by atoms with Crippen LogP contribution in [0, 0.1) is 11.2 Å². The number of aliphatic hydroxyl groups is 1. The highest BCUT2D eigenvalue weighted by atomic mass is 19.1. The van der Waals surface area contributed by atoms with Crippen molar-refractivity contribution in [3.8, 4) is 0 Å². The molecule has 1 aromatic carbocycles. The molecule has 0 amide bonds. The molecular weight excluding hydrogens is 261 g/mol. The molecule has 0 bridgehead atoms. The van der Waals surface area contributed by atoms with E-state index in [0.717, 1.165) is 7.11 Å². The van der Waals surface area contributed by atoms with Gasteiger partial charge in [-0.2, -0.15) is 0 Å². The number of nitrogens with one attached hydrogen (secondary N) is 2. The normalized spacial score (nSPS) is 9.40. The molecule has 0 radical (unpaired) electrons. The van der Waals surface area contributed by atoms with E-state index in [1.165, 1.54) is 30.6 Å². The summed E-state index contributed by atoms with van der Waals surface area (Å²) in [6, 6.07) is 5.62. The van der Waals surface area contributed by atoms with E-state index in [1.807, 2.05) is 0 Å². The molecule has 0 atom stereocenters. The first kappa shape index (κ1) is 15.5. The van der Waals surface area contributed by atoms with Crippen LogP contribution in [0.3, 0.4) is 0 Å². The largest absolute Gasteiger partial charge is 0.400 e. The van der Waals surface area contributed by atoms with E-state index < -0.39 is 0 Å². The molecule has 2 rings (SSSR count). The molecule has 0 unspecified atom stereocenters. The van der Waals surface area contributed by atoms with Crippen molar-refractivity contribution in [2.75, 3.05) is 25.2 Å². The zero-order valence-electron chi connectivity index (χ0n) is 11.2. The number of nitrogens with two attached hydrogens (primary N) is 1. The van der Waals surface area contributed by atoms with Gasteiger partial charge in [-0.15, -0.1) is 0 Å². The first-order valence-corrected chi connectivity index (χ1v) is 5.71. The van der Waals surface area contributed by atoms with Gasteiger partial charge in [0.25, 0.3) is 0 Å². The molecule has 0 saturated heterocycles. The number of aromatic nitrogens is 2. The zero-order chi connectivity index (χ0) is 15.1. The molecule has 0 saturated carbocycles. The zero-order valence-corrected chi connectivity index (χ0v) is 11.2. The monoisotopic (exact) mass is 277 g/mol. The molecule has 0 aliphatic rings. The number of anilines is 2. The number of nitrogen functional groups attached to an aromatic ring is 1. The summed E-state index contributed by atoms with van der Waals surface area (Å²) >= 11 is 0. The first-order valence-electron chi connectivity index (χ1n) is 5.71. The van der Waals surface area contributed by atoms with Crippen LogP contribution in [0.5, 0.6) is 0 Å². The number of nitrogens with zero attached hydrogens (tertiary/aromatic N) is 2. The predicted molar refractivity (Wildman–Crippen MR) is 76.5 cm³/mol. The number of halogens is 1. The minimum atomic E-state index is -0.349. The maximum absolute atomic E-state index is 12.8. The van der Waals surface area contributed by atoms with Gasteiger partial charge in [-0.05, 0) is 24.3 Å². The lowest BCUT2D eigenvalue weighted by Crippen LogP contribution is -2.12. The number of rotatable bonds is 3. The van der Waals surface area contributed by atoms with E-state index in [-0.39, 0.29) is 17.3 Å². The third kappa shape index (κ3) is 3.27. The Balaban J connectivity index is 0.000000956. The Morgan fingerprint density at radius 2 is 1.85 bits per heavy atom. The summed E-state index contributed by atoms with van der Waals surface area (Å²) in [6.07, 6.45) is 1.32. The molecule has 0 spiro atoms. The fourth-order valence-corrected chi connectivity index (χ4v) is 1.60. The third-order valence-corrected chi connectivity index (χ3v) is 2.50. The van der Waals surface area contributed by atoms with Gasteiger partial charge in [0.2, 0.25) is 0 Å². The summed E-state index contributed by atoms with van der Waals surface area (Å²) in [5.41, 5.74) is 6.87. The van der Waals surface area contributed by atoms with Crippen LogP contribution in [0.15, 0.2) is 30.6 Å². The van der Waals surface area contributed by atoms with Gasteiger partial charge in [-0.25, -0.2) is 14.4 Å². The van der Waals surface area contributed by atoms with Gasteiger partial charge in [0.1, 0.15) is 23.8 Å². The van der Waals surface area contributed by atoms with E-state index in [2.05, 4.69) is 15.3 Å². The van der Waals surface area contributed by atoms with Crippen LogP contribution in [-0.2, 0) is 0 Å². The number of hydrogen-bond acceptors (Lipinski definition) is 6. The molecule has 0 aliphatic heterocycles. The second-order valence-corrected chi connectivity index (χ2v) is 3.61. The second kappa shape index (κ2) is 7.15. The summed E-state index contributed by atoms with van der Waals surface area (Å²) in [7, 11) is 2.68. The molecule has 2 aromatic rings. The van der Waals surface area contributed by atoms with Crippen molar-refractivity contribution in [1.29, 1.82) is 5.41 Å². The Labute approximate surface area is 116 Å². The van der Waals surface area contributed by atoms with Gasteiger partial charge in [-0.3, -0.25) is 5.41 Å². The highest BCUT2D eigenvalue weighted by Gasteiger charge is 2.15. The average Bonchev–Trinajstić information content (AvgIpc) is 2.49. The molecular formula is C13H16FN5O. The Kier molecular flexibility index (Phi) is 5.55. The lowest BCUT2D eigenvalue weighted by molar-refractivity contribution is 0.399. The van der Waals surface area contributed by atoms with Gasteiger partial charge >= 0.3 is 0 Å². The maximum Gasteiger partial charge on any atom is 0.140 e. The minimum absolute atomic E-state index is 0.150. The lowest BCUT2D eigenvalue weighted by Gasteiger charge is -2.11. The lowest BCUT2D eigenvalue weighted by atomic mass is 10.0. The van der Waals surface area contributed by atoms with Gasteiger partial charge in [-0.1, -0.05) is 0 Å². The van der Waals surface area contributed by atoms with Crippen molar-refractivity contribution < 1.29 is 9.50 Å². The minimum Gasteiger partial charge on any atom is -0.400 e. The van der Waals surface area contributed by atoms with Crippen molar-refractivity contribution >= 4 is 17.3 Å². The summed E-state index contributed by atoms with van der Waals surface area (Å²) in [4.78, 5) is 7.87. The van der Waals surface area contributed by atoms with Crippen LogP contribution in [0.4, 0.5) is 16.0 Å². The molecule has 1 aromatic heterocycles. The Bertz CT molecular complexity index is 586. The fraction of sp³-hybridized carbons (Fsp3) is 0.154. The van der Waals surface area contributed by atoms with Crippen LogP contribution in [-0.4, -0.2) is 34.9 Å². The summed E-state index contributed by atoms with van der Waals surface area (Å²) in [5.74, 6) is 0.332. The van der Waals surface area contributed by atoms with Gasteiger partial charge in [0.15, 0.2) is 0 Å². The molecule has 6 nitrogen and oxygen atoms in total. The van der Waals surface area contributed by atoms with Crippen molar-refractivity contribution in [1.82, 2.24) is 9.97 Å². The molecule has 1 heterocycles. The van der Waals surface area contributed by atoms with Crippen LogP contribution in [0.25, 0.3) is 0 Å². The SMILES string of the molecule is CNc1ncnc(N)c1C(=N)c1ccc(F)cc1.CO. The topological polar surface area (TPSA) is 108 Å². The standard InChI is InChI=1S/C12H12FN5.CH4O/c1-16-12-9(11(15)17-6-18-12)10(14)7-2-4-8(13)5-3-7;1-2/h2-6,14H,1H3,(H3,15,16,17,18);2H,1H3. The van der Waals surface area contributed by atoms with E-state index in [4.69, 9.17) is 16.2 Å². The number of benzene rings is 1. The van der Waals surface area contributed by atoms with Crippen LogP contribution in [0.1, 0.15) is 11.1 Å². The number of aliphatic hydroxyl groups excluding tert-OH is 1. The summed E-state index contributed by atoms with van der Waals surface area (Å²) in [5, 5.41) is 18.0. The van der Waals surface area contributed by atoms with E-state index in [1.54, 1.807) is 7.05 Å². The highest BCUT2D eigenvalue weighted by Crippen LogP contribution is 2.21. The third-order valence-electron chi connectivity index (χ3n) is 2.50. The van der Waals surface area contributed by atoms with Gasteiger partial charge in [0, 0.05) is 19.7 Å². The fourth-order valence-electron chi connectivity index (χ4n) is 1.60. The molecule has 0 aliphatic carbocycles. The van der Waals surface area contributed by atoms with Gasteiger partial charge in [0.05, 0.1) is 11.3 Å². The van der Waals surface area contributed by atoms with Crippen molar-refractivity contribution in [3.63, 3.8) is 0 Å². The smallest absolute Gasteiger partial charge is 0.140 e. The second-order valence-electron chi connectivity index (χ2n) is 3.61. The first-order chi connectivity index (χ1) is 9.63. The molecule has 7 heteroatoms. The van der Waals surface area contributed by atoms with Crippen LogP contribution < -0.4 is 11.1 Å². The Morgan fingerprint density at radius 1 is 1.25 bits per heavy atom. The van der Waals surface area contributed by atoms with E-state index in [0.29, 0.717) is 16.9 Å². The predicted octanol–water partition coefficient (Wildman–Crippen LogP) is 1.26. The van der Waals surface area contributed by atoms with Crippen molar-refractivity contribution in [2.45, 2.75) is 0 Å². The Morgan fingerprint density at radius 3 is 2.40 bits per heavy atom. The van der Waals surface area contributed by atoms with Gasteiger partial charge < -0.3 is 16.2 Å². The molecule has 5 N–H and O–H groups in total. The van der Waals surface area contributed by atoms with E-state index in [9.17, 15) is 4.39 Å². The van der Waals surface area contributed by atoms with Crippen molar-refractivity contribution in [2.24, 2.45) is 0 Å². The highest BCUT2D eigenvalue weighted by molar-refractivity contribution is 6.16. The molecule has 20 heavy (non-hydrogen) atoms. The Hall–Kier alpha value is -2.54. The van der Waals surface area contributed by atoms with E-state index >= 15 is 0 Å².